The first kappa shape index (κ1) is 17.3. The van der Waals surface area contributed by atoms with Gasteiger partial charge in [-0.1, -0.05) is 0 Å². The molecule has 0 saturated carbocycles. The third-order valence-electron chi connectivity index (χ3n) is 2.89. The van der Waals surface area contributed by atoms with E-state index in [-0.39, 0.29) is 10.9 Å². The molecule has 0 heterocycles. The summed E-state index contributed by atoms with van der Waals surface area (Å²) in [5.74, 6) is -0.0150. The van der Waals surface area contributed by atoms with Crippen molar-refractivity contribution in [3.63, 3.8) is 0 Å². The standard InChI is InChI=1S/C13H20FNO3S2/c1-9-7-12(14)8-10(2)13(9)20(17,18)15-11(3)5-6-19(4)16/h7-8,11,15H,5-6H2,1-4H3. The van der Waals surface area contributed by atoms with Crippen molar-refractivity contribution in [2.45, 2.75) is 38.1 Å². The lowest BCUT2D eigenvalue weighted by Crippen LogP contribution is -2.34. The SMILES string of the molecule is Cc1cc(F)cc(C)c1S(=O)(=O)NC(C)CCS(C)=O. The number of aryl methyl sites for hydroxylation is 2. The molecule has 0 aliphatic heterocycles. The van der Waals surface area contributed by atoms with Crippen LogP contribution < -0.4 is 4.72 Å². The van der Waals surface area contributed by atoms with E-state index in [1.54, 1.807) is 27.0 Å². The Bertz CT molecular complexity index is 591. The van der Waals surface area contributed by atoms with Gasteiger partial charge in [-0.2, -0.15) is 0 Å². The Balaban J connectivity index is 2.97. The number of nitrogens with one attached hydrogen (secondary N) is 1. The minimum Gasteiger partial charge on any atom is -0.260 e. The van der Waals surface area contributed by atoms with Crippen LogP contribution in [0, 0.1) is 19.7 Å². The molecule has 7 heteroatoms. The Kier molecular flexibility index (Phi) is 5.85. The molecule has 114 valence electrons. The van der Waals surface area contributed by atoms with Gasteiger partial charge in [0.25, 0.3) is 0 Å². The Morgan fingerprint density at radius 2 is 1.80 bits per heavy atom. The Labute approximate surface area is 122 Å². The van der Waals surface area contributed by atoms with Crippen LogP contribution in [0.25, 0.3) is 0 Å². The van der Waals surface area contributed by atoms with Gasteiger partial charge in [0.2, 0.25) is 10.0 Å². The molecule has 1 aromatic rings. The molecular formula is C13H20FNO3S2. The lowest BCUT2D eigenvalue weighted by molar-refractivity contribution is 0.554. The van der Waals surface area contributed by atoms with Gasteiger partial charge in [-0.05, 0) is 50.5 Å². The van der Waals surface area contributed by atoms with Crippen LogP contribution in [0.3, 0.4) is 0 Å². The third-order valence-corrected chi connectivity index (χ3v) is 5.59. The summed E-state index contributed by atoms with van der Waals surface area (Å²) in [7, 11) is -4.66. The average Bonchev–Trinajstić information content (AvgIpc) is 2.23. The average molecular weight is 321 g/mol. The maximum Gasteiger partial charge on any atom is 0.241 e. The van der Waals surface area contributed by atoms with Crippen molar-refractivity contribution in [1.29, 1.82) is 0 Å². The van der Waals surface area contributed by atoms with E-state index in [4.69, 9.17) is 0 Å². The van der Waals surface area contributed by atoms with Crippen molar-refractivity contribution in [3.8, 4) is 0 Å². The normalized spacial score (nSPS) is 15.1. The fraction of sp³-hybridized carbons (Fsp3) is 0.538. The van der Waals surface area contributed by atoms with Crippen molar-refractivity contribution >= 4 is 20.8 Å². The summed E-state index contributed by atoms with van der Waals surface area (Å²) >= 11 is 0. The molecule has 0 aromatic heterocycles. The number of hydrogen-bond acceptors (Lipinski definition) is 3. The van der Waals surface area contributed by atoms with E-state index >= 15 is 0 Å². The zero-order valence-electron chi connectivity index (χ0n) is 12.1. The predicted molar refractivity (Wildman–Crippen MR) is 79.2 cm³/mol. The molecule has 2 atom stereocenters. The summed E-state index contributed by atoms with van der Waals surface area (Å²) in [6.07, 6.45) is 2.07. The van der Waals surface area contributed by atoms with Crippen LogP contribution in [-0.2, 0) is 20.8 Å². The van der Waals surface area contributed by atoms with E-state index in [1.807, 2.05) is 0 Å². The van der Waals surface area contributed by atoms with Gasteiger partial charge in [0, 0.05) is 28.9 Å². The van der Waals surface area contributed by atoms with Crippen LogP contribution in [0.1, 0.15) is 24.5 Å². The van der Waals surface area contributed by atoms with Gasteiger partial charge in [0.1, 0.15) is 5.82 Å². The number of halogens is 1. The van der Waals surface area contributed by atoms with E-state index < -0.39 is 26.6 Å². The van der Waals surface area contributed by atoms with Crippen LogP contribution in [0.4, 0.5) is 4.39 Å². The summed E-state index contributed by atoms with van der Waals surface area (Å²) in [5.41, 5.74) is 0.752. The Morgan fingerprint density at radius 3 is 2.25 bits per heavy atom. The molecule has 0 radical (unpaired) electrons. The van der Waals surface area contributed by atoms with Crippen LogP contribution in [-0.4, -0.2) is 30.7 Å². The highest BCUT2D eigenvalue weighted by molar-refractivity contribution is 7.89. The van der Waals surface area contributed by atoms with Gasteiger partial charge in [-0.25, -0.2) is 17.5 Å². The van der Waals surface area contributed by atoms with Gasteiger partial charge in [-0.15, -0.1) is 0 Å². The van der Waals surface area contributed by atoms with E-state index in [9.17, 15) is 17.0 Å². The highest BCUT2D eigenvalue weighted by atomic mass is 32.2. The molecule has 0 aliphatic rings. The Morgan fingerprint density at radius 1 is 1.30 bits per heavy atom. The van der Waals surface area contributed by atoms with E-state index in [0.717, 1.165) is 0 Å². The molecule has 0 bridgehead atoms. The molecule has 1 N–H and O–H groups in total. The third kappa shape index (κ3) is 4.64. The van der Waals surface area contributed by atoms with Crippen molar-refractivity contribution in [3.05, 3.63) is 29.1 Å². The lowest BCUT2D eigenvalue weighted by atomic mass is 10.1. The van der Waals surface area contributed by atoms with E-state index in [1.165, 1.54) is 12.1 Å². The molecule has 4 nitrogen and oxygen atoms in total. The first-order valence-electron chi connectivity index (χ1n) is 6.22. The van der Waals surface area contributed by atoms with Gasteiger partial charge >= 0.3 is 0 Å². The molecule has 1 rings (SSSR count). The van der Waals surface area contributed by atoms with Gasteiger partial charge in [0.05, 0.1) is 4.90 Å². The van der Waals surface area contributed by atoms with Gasteiger partial charge < -0.3 is 0 Å². The first-order valence-corrected chi connectivity index (χ1v) is 9.43. The topological polar surface area (TPSA) is 63.2 Å². The zero-order valence-corrected chi connectivity index (χ0v) is 13.7. The maximum absolute atomic E-state index is 13.2. The molecule has 1 aromatic carbocycles. The highest BCUT2D eigenvalue weighted by Crippen LogP contribution is 2.21. The second-order valence-electron chi connectivity index (χ2n) is 4.96. The summed E-state index contributed by atoms with van der Waals surface area (Å²) < 4.78 is 51.4. The molecular weight excluding hydrogens is 301 g/mol. The second-order valence-corrected chi connectivity index (χ2v) is 8.16. The maximum atomic E-state index is 13.2. The van der Waals surface area contributed by atoms with Gasteiger partial charge in [-0.3, -0.25) is 4.21 Å². The number of hydrogen-bond donors (Lipinski definition) is 1. The molecule has 2 unspecified atom stereocenters. The lowest BCUT2D eigenvalue weighted by Gasteiger charge is -2.16. The highest BCUT2D eigenvalue weighted by Gasteiger charge is 2.22. The Hall–Kier alpha value is -0.790. The second kappa shape index (κ2) is 6.78. The molecule has 0 amide bonds. The van der Waals surface area contributed by atoms with Crippen LogP contribution in [0.2, 0.25) is 0 Å². The van der Waals surface area contributed by atoms with E-state index in [0.29, 0.717) is 23.3 Å². The predicted octanol–water partition coefficient (Wildman–Crippen LogP) is 1.88. The van der Waals surface area contributed by atoms with Crippen molar-refractivity contribution in [2.24, 2.45) is 0 Å². The number of sulfonamides is 1. The quantitative estimate of drug-likeness (QED) is 0.870. The molecule has 0 aliphatic carbocycles. The van der Waals surface area contributed by atoms with Crippen LogP contribution >= 0.6 is 0 Å². The van der Waals surface area contributed by atoms with Crippen LogP contribution in [0.15, 0.2) is 17.0 Å². The number of rotatable bonds is 6. The van der Waals surface area contributed by atoms with Crippen molar-refractivity contribution in [2.75, 3.05) is 12.0 Å². The fourth-order valence-electron chi connectivity index (χ4n) is 2.05. The molecule has 0 spiro atoms. The minimum atomic E-state index is -3.70. The van der Waals surface area contributed by atoms with Crippen molar-refractivity contribution < 1.29 is 17.0 Å². The molecule has 0 fully saturated rings. The monoisotopic (exact) mass is 321 g/mol. The molecule has 20 heavy (non-hydrogen) atoms. The van der Waals surface area contributed by atoms with Gasteiger partial charge in [0.15, 0.2) is 0 Å². The van der Waals surface area contributed by atoms with E-state index in [2.05, 4.69) is 4.72 Å². The summed E-state index contributed by atoms with van der Waals surface area (Å²) in [6.45, 7) is 4.85. The summed E-state index contributed by atoms with van der Waals surface area (Å²) in [6, 6.07) is 2.08. The largest absolute Gasteiger partial charge is 0.260 e. The summed E-state index contributed by atoms with van der Waals surface area (Å²) in [5, 5.41) is 0. The number of benzene rings is 1. The first-order chi connectivity index (χ1) is 9.13. The zero-order chi connectivity index (χ0) is 15.5. The smallest absolute Gasteiger partial charge is 0.241 e. The fourth-order valence-corrected chi connectivity index (χ4v) is 4.46. The molecule has 0 saturated heterocycles. The minimum absolute atomic E-state index is 0.114. The van der Waals surface area contributed by atoms with Crippen LogP contribution in [0.5, 0.6) is 0 Å². The summed E-state index contributed by atoms with van der Waals surface area (Å²) in [4.78, 5) is 0.114. The van der Waals surface area contributed by atoms with Crippen molar-refractivity contribution in [1.82, 2.24) is 4.72 Å².